The Morgan fingerprint density at radius 1 is 0.829 bits per heavy atom. The van der Waals surface area contributed by atoms with Gasteiger partial charge in [0.05, 0.1) is 6.42 Å². The summed E-state index contributed by atoms with van der Waals surface area (Å²) in [6.07, 6.45) is 0.300. The molecule has 2 aromatic carbocycles. The molecular weight excluding hydrogens is 444 g/mol. The zero-order valence-corrected chi connectivity index (χ0v) is 18.0. The zero-order chi connectivity index (χ0) is 22.6. The van der Waals surface area contributed by atoms with Gasteiger partial charge in [-0.3, -0.25) is 14.4 Å². The Morgan fingerprint density at radius 2 is 1.26 bits per heavy atom. The first-order valence-electron chi connectivity index (χ1n) is 9.63. The Bertz CT molecular complexity index is 811. The first kappa shape index (κ1) is 42.3. The van der Waals surface area contributed by atoms with Crippen molar-refractivity contribution in [2.45, 2.75) is 81.9 Å². The average molecular weight is 498 g/mol. The van der Waals surface area contributed by atoms with E-state index in [2.05, 4.69) is 0 Å². The SMILES string of the molecule is C.C.C.C.C.COC(CC(=O)O)(Cc1ccccc1)C(C)=O.COC(Cc1ccccc1)C(C)=O.[2HH]. The summed E-state index contributed by atoms with van der Waals surface area (Å²) < 4.78 is 10.2. The minimum absolute atomic E-state index is 0. The molecule has 35 heavy (non-hydrogen) atoms. The van der Waals surface area contributed by atoms with E-state index in [0.29, 0.717) is 6.42 Å². The Balaban J connectivity index is -0.000000109. The molecule has 0 fully saturated rings. The number of hydrogen-bond donors (Lipinski definition) is 1. The van der Waals surface area contributed by atoms with Crippen LogP contribution in [0.4, 0.5) is 0 Å². The van der Waals surface area contributed by atoms with Crippen molar-refractivity contribution in [3.63, 3.8) is 0 Å². The summed E-state index contributed by atoms with van der Waals surface area (Å²) in [4.78, 5) is 33.5. The fraction of sp³-hybridized carbons (Fsp3) is 0.483. The molecule has 204 valence electrons. The molecule has 0 bridgehead atoms. The maximum atomic E-state index is 11.6. The largest absolute Gasteiger partial charge is 0.481 e. The Hall–Kier alpha value is -2.83. The Morgan fingerprint density at radius 3 is 1.57 bits per heavy atom. The van der Waals surface area contributed by atoms with E-state index in [1.165, 1.54) is 14.0 Å². The first-order chi connectivity index (χ1) is 14.2. The number of carbonyl (C=O) groups excluding carboxylic acids is 2. The standard InChI is InChI=1S/C13H16O4.C11H14O2.5CH4.H2/c1-10(14)13(17-2,9-12(15)16)8-11-6-4-3-5-7-11;1-9(12)11(13-2)8-10-6-4-3-5-7-10;;;;;;/h3-7H,8-9H2,1-2H3,(H,15,16);3-7,11H,8H2,1-2H3;5*1H4;1H/i;;;;;;;1+1. The van der Waals surface area contributed by atoms with Gasteiger partial charge in [0.2, 0.25) is 0 Å². The zero-order valence-electron chi connectivity index (χ0n) is 18.0. The van der Waals surface area contributed by atoms with Crippen LogP contribution in [0.1, 0.15) is 70.0 Å². The number of carboxylic acids is 1. The number of carbonyl (C=O) groups is 3. The predicted octanol–water partition coefficient (Wildman–Crippen LogP) is 6.94. The van der Waals surface area contributed by atoms with Crippen LogP contribution in [0.3, 0.4) is 0 Å². The van der Waals surface area contributed by atoms with Gasteiger partial charge in [0.25, 0.3) is 0 Å². The fourth-order valence-electron chi connectivity index (χ4n) is 2.99. The van der Waals surface area contributed by atoms with Gasteiger partial charge >= 0.3 is 5.97 Å². The van der Waals surface area contributed by atoms with Gasteiger partial charge in [0.15, 0.2) is 11.6 Å². The van der Waals surface area contributed by atoms with Gasteiger partial charge < -0.3 is 14.6 Å². The molecule has 1 N–H and O–H groups in total. The second-order valence-electron chi connectivity index (χ2n) is 7.01. The van der Waals surface area contributed by atoms with Crippen LogP contribution in [0.5, 0.6) is 0 Å². The molecule has 0 aliphatic rings. The summed E-state index contributed by atoms with van der Waals surface area (Å²) in [6.45, 7) is 2.91. The molecule has 0 saturated heterocycles. The van der Waals surface area contributed by atoms with Gasteiger partial charge in [-0.1, -0.05) is 97.8 Å². The van der Waals surface area contributed by atoms with Crippen LogP contribution >= 0.6 is 0 Å². The summed E-state index contributed by atoms with van der Waals surface area (Å²) in [5.74, 6) is -1.24. The van der Waals surface area contributed by atoms with Crippen LogP contribution in [-0.2, 0) is 36.7 Å². The highest BCUT2D eigenvalue weighted by molar-refractivity contribution is 5.89. The highest BCUT2D eigenvalue weighted by Crippen LogP contribution is 2.23. The number of ether oxygens (including phenoxy) is 2. The van der Waals surface area contributed by atoms with Crippen LogP contribution in [0.25, 0.3) is 0 Å². The van der Waals surface area contributed by atoms with Crippen LogP contribution in [0.15, 0.2) is 60.7 Å². The van der Waals surface area contributed by atoms with E-state index in [0.717, 1.165) is 11.1 Å². The lowest BCUT2D eigenvalue weighted by Gasteiger charge is -2.28. The number of aliphatic carboxylic acids is 1. The number of methoxy groups -OCH3 is 2. The smallest absolute Gasteiger partial charge is 0.306 e. The molecule has 0 aliphatic heterocycles. The molecular formula is C29H52O6. The van der Waals surface area contributed by atoms with Crippen LogP contribution in [0, 0.1) is 0 Å². The maximum Gasteiger partial charge on any atom is 0.306 e. The lowest BCUT2D eigenvalue weighted by Crippen LogP contribution is -2.43. The number of carboxylic acid groups (broad SMARTS) is 1. The number of ketones is 2. The minimum Gasteiger partial charge on any atom is -0.481 e. The third kappa shape index (κ3) is 14.9. The van der Waals surface area contributed by atoms with E-state index >= 15 is 0 Å². The van der Waals surface area contributed by atoms with Crippen molar-refractivity contribution in [2.24, 2.45) is 0 Å². The minimum atomic E-state index is -1.27. The molecule has 6 heteroatoms. The second-order valence-corrected chi connectivity index (χ2v) is 7.01. The molecule has 6 nitrogen and oxygen atoms in total. The van der Waals surface area contributed by atoms with Gasteiger partial charge in [0, 0.05) is 28.5 Å². The summed E-state index contributed by atoms with van der Waals surface area (Å²) in [5, 5.41) is 8.87. The molecule has 2 atom stereocenters. The van der Waals surface area contributed by atoms with E-state index in [9.17, 15) is 14.4 Å². The molecule has 2 unspecified atom stereocenters. The number of hydrogen-bond acceptors (Lipinski definition) is 5. The monoisotopic (exact) mass is 497 g/mol. The van der Waals surface area contributed by atoms with Gasteiger partial charge in [-0.15, -0.1) is 0 Å². The molecule has 0 radical (unpaired) electrons. The van der Waals surface area contributed by atoms with Crippen molar-refractivity contribution >= 4 is 17.5 Å². The Kier molecular flexibility index (Phi) is 26.2. The van der Waals surface area contributed by atoms with Crippen molar-refractivity contribution in [3.8, 4) is 0 Å². The van der Waals surface area contributed by atoms with Crippen molar-refractivity contribution in [1.29, 1.82) is 0 Å². The van der Waals surface area contributed by atoms with E-state index in [-0.39, 0.29) is 69.1 Å². The molecule has 2 rings (SSSR count). The van der Waals surface area contributed by atoms with Crippen molar-refractivity contribution in [3.05, 3.63) is 71.8 Å². The van der Waals surface area contributed by atoms with Crippen molar-refractivity contribution in [2.75, 3.05) is 14.2 Å². The van der Waals surface area contributed by atoms with Gasteiger partial charge in [-0.25, -0.2) is 0 Å². The first-order valence-corrected chi connectivity index (χ1v) is 9.63. The third-order valence-corrected chi connectivity index (χ3v) is 4.80. The van der Waals surface area contributed by atoms with E-state index in [4.69, 9.17) is 14.6 Å². The fourth-order valence-corrected chi connectivity index (χ4v) is 2.99. The number of benzene rings is 2. The topological polar surface area (TPSA) is 89.9 Å². The molecule has 0 heterocycles. The Labute approximate surface area is 216 Å². The quantitative estimate of drug-likeness (QED) is 0.382. The maximum absolute atomic E-state index is 11.6. The summed E-state index contributed by atoms with van der Waals surface area (Å²) >= 11 is 0. The third-order valence-electron chi connectivity index (χ3n) is 4.80. The van der Waals surface area contributed by atoms with Gasteiger partial charge in [0.1, 0.15) is 11.7 Å². The van der Waals surface area contributed by atoms with Crippen molar-refractivity contribution in [1.82, 2.24) is 0 Å². The summed E-state index contributed by atoms with van der Waals surface area (Å²) in [5.41, 5.74) is 0.739. The molecule has 0 amide bonds. The van der Waals surface area contributed by atoms with Gasteiger partial charge in [-0.05, 0) is 25.0 Å². The molecule has 2 aromatic rings. The van der Waals surface area contributed by atoms with E-state index in [1.807, 2.05) is 60.7 Å². The van der Waals surface area contributed by atoms with Crippen LogP contribution in [0.2, 0.25) is 0 Å². The lowest BCUT2D eigenvalue weighted by atomic mass is 9.87. The molecule has 0 spiro atoms. The van der Waals surface area contributed by atoms with Crippen LogP contribution < -0.4 is 0 Å². The average Bonchev–Trinajstić information content (AvgIpc) is 2.72. The van der Waals surface area contributed by atoms with E-state index in [1.54, 1.807) is 14.0 Å². The summed E-state index contributed by atoms with van der Waals surface area (Å²) in [7, 11) is 2.93. The van der Waals surface area contributed by atoms with Crippen LogP contribution in [-0.4, -0.2) is 48.6 Å². The van der Waals surface area contributed by atoms with E-state index < -0.39 is 11.6 Å². The lowest BCUT2D eigenvalue weighted by molar-refractivity contribution is -0.153. The number of Topliss-reactive ketones (excluding diaryl/α,β-unsaturated/α-hetero) is 2. The highest BCUT2D eigenvalue weighted by atomic mass is 16.5. The number of rotatable bonds is 10. The van der Waals surface area contributed by atoms with Gasteiger partial charge in [-0.2, -0.15) is 0 Å². The molecule has 0 aromatic heterocycles. The molecule has 0 saturated carbocycles. The second kappa shape index (κ2) is 21.7. The normalized spacial score (nSPS) is 11.4. The van der Waals surface area contributed by atoms with Crippen molar-refractivity contribution < 1.29 is 30.4 Å². The highest BCUT2D eigenvalue weighted by Gasteiger charge is 2.38. The molecule has 0 aliphatic carbocycles. The predicted molar refractivity (Wildman–Crippen MR) is 150 cm³/mol. The summed E-state index contributed by atoms with van der Waals surface area (Å²) in [6, 6.07) is 19.1.